The summed E-state index contributed by atoms with van der Waals surface area (Å²) in [7, 11) is 2.63. The van der Waals surface area contributed by atoms with E-state index in [0.717, 1.165) is 0 Å². The van der Waals surface area contributed by atoms with E-state index in [0.29, 0.717) is 0 Å². The largest absolute Gasteiger partial charge is 0.467 e. The Morgan fingerprint density at radius 2 is 1.83 bits per heavy atom. The maximum absolute atomic E-state index is 11.0. The monoisotopic (exact) mass is 176 g/mol. The molecule has 0 aliphatic rings. The van der Waals surface area contributed by atoms with Gasteiger partial charge in [-0.05, 0) is 5.92 Å². The van der Waals surface area contributed by atoms with Crippen LogP contribution < -0.4 is 0 Å². The molecule has 0 unspecified atom stereocenters. The SMILES string of the molecule is COC(=O)[C@@H](OC)[C@@H](O)C(C)C. The number of rotatable bonds is 4. The minimum Gasteiger partial charge on any atom is -0.467 e. The van der Waals surface area contributed by atoms with Crippen molar-refractivity contribution in [3.05, 3.63) is 0 Å². The fourth-order valence-corrected chi connectivity index (χ4v) is 0.841. The van der Waals surface area contributed by atoms with Crippen LogP contribution in [-0.2, 0) is 14.3 Å². The topological polar surface area (TPSA) is 55.8 Å². The number of esters is 1. The van der Waals surface area contributed by atoms with Crippen molar-refractivity contribution in [2.75, 3.05) is 14.2 Å². The highest BCUT2D eigenvalue weighted by Gasteiger charge is 2.29. The predicted molar refractivity (Wildman–Crippen MR) is 43.7 cm³/mol. The van der Waals surface area contributed by atoms with E-state index in [1.807, 2.05) is 0 Å². The third kappa shape index (κ3) is 2.79. The summed E-state index contributed by atoms with van der Waals surface area (Å²) in [4.78, 5) is 11.0. The summed E-state index contributed by atoms with van der Waals surface area (Å²) >= 11 is 0. The van der Waals surface area contributed by atoms with E-state index in [9.17, 15) is 9.90 Å². The molecular formula is C8H16O4. The number of aliphatic hydroxyl groups excluding tert-OH is 1. The molecule has 12 heavy (non-hydrogen) atoms. The predicted octanol–water partition coefficient (Wildman–Crippen LogP) is 0.191. The third-order valence-corrected chi connectivity index (χ3v) is 1.68. The number of methoxy groups -OCH3 is 2. The zero-order valence-electron chi connectivity index (χ0n) is 7.90. The Morgan fingerprint density at radius 3 is 2.08 bits per heavy atom. The molecule has 0 spiro atoms. The first-order chi connectivity index (χ1) is 5.54. The number of ether oxygens (including phenoxy) is 2. The zero-order valence-corrected chi connectivity index (χ0v) is 7.90. The van der Waals surface area contributed by atoms with Crippen LogP contribution in [0.2, 0.25) is 0 Å². The van der Waals surface area contributed by atoms with Crippen molar-refractivity contribution in [3.8, 4) is 0 Å². The van der Waals surface area contributed by atoms with Gasteiger partial charge < -0.3 is 14.6 Å². The normalized spacial score (nSPS) is 15.8. The fourth-order valence-electron chi connectivity index (χ4n) is 0.841. The first-order valence-electron chi connectivity index (χ1n) is 3.83. The molecule has 2 atom stereocenters. The van der Waals surface area contributed by atoms with E-state index in [2.05, 4.69) is 4.74 Å². The smallest absolute Gasteiger partial charge is 0.337 e. The van der Waals surface area contributed by atoms with Gasteiger partial charge in [-0.3, -0.25) is 0 Å². The van der Waals surface area contributed by atoms with Crippen LogP contribution in [0.1, 0.15) is 13.8 Å². The Hall–Kier alpha value is -0.610. The molecule has 0 saturated heterocycles. The van der Waals surface area contributed by atoms with Gasteiger partial charge in [0.15, 0.2) is 6.10 Å². The molecule has 1 N–H and O–H groups in total. The summed E-state index contributed by atoms with van der Waals surface area (Å²) < 4.78 is 9.25. The Kier molecular flexibility index (Phi) is 4.85. The molecule has 0 aromatic heterocycles. The lowest BCUT2D eigenvalue weighted by Crippen LogP contribution is -2.39. The summed E-state index contributed by atoms with van der Waals surface area (Å²) in [6.45, 7) is 3.61. The first-order valence-corrected chi connectivity index (χ1v) is 3.83. The molecule has 4 nitrogen and oxygen atoms in total. The zero-order chi connectivity index (χ0) is 9.72. The van der Waals surface area contributed by atoms with E-state index in [1.165, 1.54) is 14.2 Å². The molecular weight excluding hydrogens is 160 g/mol. The highest BCUT2D eigenvalue weighted by atomic mass is 16.6. The Morgan fingerprint density at radius 1 is 1.33 bits per heavy atom. The molecule has 0 radical (unpaired) electrons. The molecule has 0 amide bonds. The van der Waals surface area contributed by atoms with Crippen LogP contribution in [0.4, 0.5) is 0 Å². The molecule has 0 aromatic carbocycles. The molecule has 0 aliphatic carbocycles. The summed E-state index contributed by atoms with van der Waals surface area (Å²) in [6.07, 6.45) is -1.70. The molecule has 72 valence electrons. The van der Waals surface area contributed by atoms with Gasteiger partial charge in [-0.1, -0.05) is 13.8 Å². The quantitative estimate of drug-likeness (QED) is 0.621. The second-order valence-corrected chi connectivity index (χ2v) is 2.91. The van der Waals surface area contributed by atoms with E-state index in [4.69, 9.17) is 4.74 Å². The van der Waals surface area contributed by atoms with Crippen LogP contribution in [-0.4, -0.2) is 37.5 Å². The van der Waals surface area contributed by atoms with Crippen LogP contribution in [0.15, 0.2) is 0 Å². The highest BCUT2D eigenvalue weighted by molar-refractivity contribution is 5.75. The maximum Gasteiger partial charge on any atom is 0.337 e. The number of carbonyl (C=O) groups is 1. The Bertz CT molecular complexity index is 144. The number of hydrogen-bond acceptors (Lipinski definition) is 4. The van der Waals surface area contributed by atoms with Crippen molar-refractivity contribution in [1.82, 2.24) is 0 Å². The highest BCUT2D eigenvalue weighted by Crippen LogP contribution is 2.10. The third-order valence-electron chi connectivity index (χ3n) is 1.68. The number of hydrogen-bond donors (Lipinski definition) is 1. The van der Waals surface area contributed by atoms with Gasteiger partial charge >= 0.3 is 5.97 Å². The van der Waals surface area contributed by atoms with Crippen LogP contribution in [0.5, 0.6) is 0 Å². The van der Waals surface area contributed by atoms with Gasteiger partial charge in [0.2, 0.25) is 0 Å². The number of aliphatic hydroxyl groups is 1. The van der Waals surface area contributed by atoms with Crippen molar-refractivity contribution < 1.29 is 19.4 Å². The molecule has 0 aromatic rings. The lowest BCUT2D eigenvalue weighted by atomic mass is 10.0. The molecule has 0 heterocycles. The average molecular weight is 176 g/mol. The maximum atomic E-state index is 11.0. The molecule has 0 fully saturated rings. The molecule has 4 heteroatoms. The second-order valence-electron chi connectivity index (χ2n) is 2.91. The summed E-state index contributed by atoms with van der Waals surface area (Å²) in [5.41, 5.74) is 0. The summed E-state index contributed by atoms with van der Waals surface area (Å²) in [5.74, 6) is -0.576. The van der Waals surface area contributed by atoms with Gasteiger partial charge in [-0.15, -0.1) is 0 Å². The van der Waals surface area contributed by atoms with Gasteiger partial charge in [0.25, 0.3) is 0 Å². The standard InChI is InChI=1S/C8H16O4/c1-5(2)6(9)7(11-3)8(10)12-4/h5-7,9H,1-4H3/t6-,7-/m0/s1. The summed E-state index contributed by atoms with van der Waals surface area (Å²) in [6, 6.07) is 0. The van der Waals surface area contributed by atoms with Crippen LogP contribution >= 0.6 is 0 Å². The van der Waals surface area contributed by atoms with Crippen molar-refractivity contribution in [2.45, 2.75) is 26.1 Å². The second kappa shape index (κ2) is 5.11. The van der Waals surface area contributed by atoms with E-state index < -0.39 is 18.2 Å². The minimum atomic E-state index is -0.880. The lowest BCUT2D eigenvalue weighted by molar-refractivity contribution is -0.161. The fraction of sp³-hybridized carbons (Fsp3) is 0.875. The van der Waals surface area contributed by atoms with E-state index in [-0.39, 0.29) is 5.92 Å². The van der Waals surface area contributed by atoms with Crippen molar-refractivity contribution in [3.63, 3.8) is 0 Å². The van der Waals surface area contributed by atoms with Crippen molar-refractivity contribution in [1.29, 1.82) is 0 Å². The van der Waals surface area contributed by atoms with Gasteiger partial charge in [-0.25, -0.2) is 4.79 Å². The molecule has 0 rings (SSSR count). The first kappa shape index (κ1) is 11.4. The molecule has 0 saturated carbocycles. The Balaban J connectivity index is 4.23. The lowest BCUT2D eigenvalue weighted by Gasteiger charge is -2.21. The van der Waals surface area contributed by atoms with Gasteiger partial charge in [-0.2, -0.15) is 0 Å². The molecule has 0 bridgehead atoms. The van der Waals surface area contributed by atoms with Crippen molar-refractivity contribution in [2.24, 2.45) is 5.92 Å². The van der Waals surface area contributed by atoms with E-state index >= 15 is 0 Å². The minimum absolute atomic E-state index is 0.0333. The number of carbonyl (C=O) groups excluding carboxylic acids is 1. The van der Waals surface area contributed by atoms with Crippen molar-refractivity contribution >= 4 is 5.97 Å². The van der Waals surface area contributed by atoms with E-state index in [1.54, 1.807) is 13.8 Å². The van der Waals surface area contributed by atoms with Gasteiger partial charge in [0, 0.05) is 7.11 Å². The Labute approximate surface area is 72.5 Å². The van der Waals surface area contributed by atoms with Crippen LogP contribution in [0.3, 0.4) is 0 Å². The van der Waals surface area contributed by atoms with Crippen LogP contribution in [0, 0.1) is 5.92 Å². The van der Waals surface area contributed by atoms with Gasteiger partial charge in [0.1, 0.15) is 0 Å². The van der Waals surface area contributed by atoms with Crippen LogP contribution in [0.25, 0.3) is 0 Å². The summed E-state index contributed by atoms with van der Waals surface area (Å²) in [5, 5.41) is 9.46. The molecule has 0 aliphatic heterocycles. The van der Waals surface area contributed by atoms with Gasteiger partial charge in [0.05, 0.1) is 13.2 Å². The average Bonchev–Trinajstić information content (AvgIpc) is 2.05.